The molecule has 10 nitrogen and oxygen atoms in total. The first-order valence-electron chi connectivity index (χ1n) is 9.71. The Labute approximate surface area is 190 Å². The van der Waals surface area contributed by atoms with E-state index in [0.717, 1.165) is 5.69 Å². The summed E-state index contributed by atoms with van der Waals surface area (Å²) in [5, 5.41) is 15.2. The van der Waals surface area contributed by atoms with E-state index in [1.54, 1.807) is 25.3 Å². The second-order valence-corrected chi connectivity index (χ2v) is 7.46. The summed E-state index contributed by atoms with van der Waals surface area (Å²) < 4.78 is 21.0. The summed E-state index contributed by atoms with van der Waals surface area (Å²) in [6, 6.07) is 6.35. The molecule has 0 aliphatic carbocycles. The lowest BCUT2D eigenvalue weighted by Crippen LogP contribution is -2.37. The van der Waals surface area contributed by atoms with Gasteiger partial charge in [-0.25, -0.2) is 0 Å². The van der Waals surface area contributed by atoms with Crippen LogP contribution >= 0.6 is 11.6 Å². The first kappa shape index (κ1) is 23.3. The highest BCUT2D eigenvalue weighted by molar-refractivity contribution is 6.31. The minimum atomic E-state index is -0.673. The maximum absolute atomic E-state index is 13.1. The van der Waals surface area contributed by atoms with Crippen molar-refractivity contribution in [3.8, 4) is 23.0 Å². The maximum atomic E-state index is 13.1. The third-order valence-electron chi connectivity index (χ3n) is 5.24. The molecular weight excluding hydrogens is 442 g/mol. The van der Waals surface area contributed by atoms with E-state index in [9.17, 15) is 14.9 Å². The summed E-state index contributed by atoms with van der Waals surface area (Å²) >= 11 is 6.13. The zero-order valence-corrected chi connectivity index (χ0v) is 18.9. The average Bonchev–Trinajstić information content (AvgIpc) is 3.25. The summed E-state index contributed by atoms with van der Waals surface area (Å²) in [6.45, 7) is 1.14. The predicted molar refractivity (Wildman–Crippen MR) is 119 cm³/mol. The number of amides is 1. The Morgan fingerprint density at radius 3 is 2.38 bits per heavy atom. The minimum Gasteiger partial charge on any atom is -0.495 e. The highest BCUT2D eigenvalue weighted by Gasteiger charge is 2.34. The standard InChI is InChI=1S/C21H24ClN3O7/c1-29-16-6-5-12(22)9-15(16)24-8-7-13(11-24)23-21(26)14-10-17(30-2)19(31-3)20(32-4)18(14)25(27)28/h5-6,9-10,13H,7-8,11H2,1-4H3,(H,23,26). The number of anilines is 1. The third-order valence-corrected chi connectivity index (χ3v) is 5.47. The molecule has 1 amide bonds. The van der Waals surface area contributed by atoms with Gasteiger partial charge in [0, 0.05) is 30.2 Å². The number of hydrogen-bond acceptors (Lipinski definition) is 8. The monoisotopic (exact) mass is 465 g/mol. The predicted octanol–water partition coefficient (Wildman–Crippen LogP) is 3.29. The molecule has 1 aliphatic rings. The fourth-order valence-electron chi connectivity index (χ4n) is 3.77. The number of methoxy groups -OCH3 is 4. The molecule has 32 heavy (non-hydrogen) atoms. The number of rotatable bonds is 8. The van der Waals surface area contributed by atoms with Gasteiger partial charge in [-0.15, -0.1) is 0 Å². The molecule has 0 spiro atoms. The smallest absolute Gasteiger partial charge is 0.327 e. The Bertz CT molecular complexity index is 1030. The molecule has 3 rings (SSSR count). The lowest BCUT2D eigenvalue weighted by molar-refractivity contribution is -0.386. The van der Waals surface area contributed by atoms with Crippen LogP contribution < -0.4 is 29.2 Å². The molecule has 1 aliphatic heterocycles. The van der Waals surface area contributed by atoms with E-state index < -0.39 is 16.5 Å². The van der Waals surface area contributed by atoms with E-state index in [2.05, 4.69) is 5.32 Å². The van der Waals surface area contributed by atoms with Gasteiger partial charge in [0.25, 0.3) is 5.91 Å². The molecule has 0 radical (unpaired) electrons. The van der Waals surface area contributed by atoms with Crippen LogP contribution in [-0.2, 0) is 0 Å². The second-order valence-electron chi connectivity index (χ2n) is 7.02. The van der Waals surface area contributed by atoms with Crippen LogP contribution in [0.15, 0.2) is 24.3 Å². The summed E-state index contributed by atoms with van der Waals surface area (Å²) in [4.78, 5) is 26.2. The molecule has 1 atom stereocenters. The molecule has 1 saturated heterocycles. The van der Waals surface area contributed by atoms with Crippen LogP contribution in [0, 0.1) is 10.1 Å². The Morgan fingerprint density at radius 2 is 1.78 bits per heavy atom. The molecule has 0 aromatic heterocycles. The lowest BCUT2D eigenvalue weighted by atomic mass is 10.1. The first-order valence-corrected chi connectivity index (χ1v) is 10.1. The fraction of sp³-hybridized carbons (Fsp3) is 0.381. The molecule has 172 valence electrons. The quantitative estimate of drug-likeness (QED) is 0.467. The van der Waals surface area contributed by atoms with Crippen molar-refractivity contribution in [2.24, 2.45) is 0 Å². The fourth-order valence-corrected chi connectivity index (χ4v) is 3.93. The van der Waals surface area contributed by atoms with Gasteiger partial charge in [-0.2, -0.15) is 0 Å². The van der Waals surface area contributed by atoms with Crippen molar-refractivity contribution in [2.45, 2.75) is 12.5 Å². The summed E-state index contributed by atoms with van der Waals surface area (Å²) in [5.41, 5.74) is 0.146. The van der Waals surface area contributed by atoms with Gasteiger partial charge < -0.3 is 29.2 Å². The van der Waals surface area contributed by atoms with Gasteiger partial charge in [0.05, 0.1) is 39.0 Å². The van der Waals surface area contributed by atoms with E-state index >= 15 is 0 Å². The van der Waals surface area contributed by atoms with E-state index in [0.29, 0.717) is 30.3 Å². The molecule has 2 aromatic carbocycles. The molecule has 1 unspecified atom stereocenters. The van der Waals surface area contributed by atoms with Gasteiger partial charge in [-0.05, 0) is 24.6 Å². The van der Waals surface area contributed by atoms with Gasteiger partial charge in [0.1, 0.15) is 11.3 Å². The van der Waals surface area contributed by atoms with E-state index in [1.165, 1.54) is 27.4 Å². The number of nitrogens with zero attached hydrogens (tertiary/aromatic N) is 2. The highest BCUT2D eigenvalue weighted by atomic mass is 35.5. The number of nitro groups is 1. The van der Waals surface area contributed by atoms with Gasteiger partial charge in [0.15, 0.2) is 5.75 Å². The normalized spacial score (nSPS) is 15.3. The SMILES string of the molecule is COc1ccc(Cl)cc1N1CCC(NC(=O)c2cc(OC)c(OC)c(OC)c2[N+](=O)[O-])C1. The number of benzene rings is 2. The molecule has 2 aromatic rings. The molecule has 1 N–H and O–H groups in total. The van der Waals surface area contributed by atoms with Crippen molar-refractivity contribution < 1.29 is 28.7 Å². The zero-order chi connectivity index (χ0) is 23.4. The Morgan fingerprint density at radius 1 is 1.09 bits per heavy atom. The Balaban J connectivity index is 1.87. The Kier molecular flexibility index (Phi) is 7.14. The lowest BCUT2D eigenvalue weighted by Gasteiger charge is -2.22. The van der Waals surface area contributed by atoms with E-state index in [-0.39, 0.29) is 28.9 Å². The van der Waals surface area contributed by atoms with Crippen molar-refractivity contribution in [3.05, 3.63) is 45.0 Å². The first-order chi connectivity index (χ1) is 15.3. The third kappa shape index (κ3) is 4.45. The van der Waals surface area contributed by atoms with Crippen molar-refractivity contribution in [3.63, 3.8) is 0 Å². The highest BCUT2D eigenvalue weighted by Crippen LogP contribution is 2.46. The maximum Gasteiger partial charge on any atom is 0.327 e. The largest absolute Gasteiger partial charge is 0.495 e. The van der Waals surface area contributed by atoms with Crippen molar-refractivity contribution in [1.29, 1.82) is 0 Å². The van der Waals surface area contributed by atoms with Crippen molar-refractivity contribution >= 4 is 28.9 Å². The minimum absolute atomic E-state index is 0.0401. The van der Waals surface area contributed by atoms with Crippen molar-refractivity contribution in [2.75, 3.05) is 46.4 Å². The molecule has 11 heteroatoms. The van der Waals surface area contributed by atoms with Gasteiger partial charge in [-0.1, -0.05) is 11.6 Å². The molecule has 1 heterocycles. The number of ether oxygens (including phenoxy) is 4. The van der Waals surface area contributed by atoms with E-state index in [4.69, 9.17) is 30.5 Å². The van der Waals surface area contributed by atoms with E-state index in [1.807, 2.05) is 4.90 Å². The van der Waals surface area contributed by atoms with Crippen LogP contribution in [0.4, 0.5) is 11.4 Å². The number of halogens is 1. The van der Waals surface area contributed by atoms with Crippen LogP contribution in [0.1, 0.15) is 16.8 Å². The summed E-state index contributed by atoms with van der Waals surface area (Å²) in [5.74, 6) is 0.0661. The number of nitro benzene ring substituents is 1. The molecule has 0 saturated carbocycles. The van der Waals surface area contributed by atoms with Crippen LogP contribution in [0.5, 0.6) is 23.0 Å². The van der Waals surface area contributed by atoms with Crippen LogP contribution in [-0.4, -0.2) is 58.4 Å². The van der Waals surface area contributed by atoms with Crippen molar-refractivity contribution in [1.82, 2.24) is 5.32 Å². The molecule has 0 bridgehead atoms. The number of carbonyl (C=O) groups excluding carboxylic acids is 1. The van der Waals surface area contributed by atoms with Gasteiger partial charge in [0.2, 0.25) is 11.5 Å². The summed E-state index contributed by atoms with van der Waals surface area (Å²) in [6.07, 6.45) is 0.639. The van der Waals surface area contributed by atoms with Gasteiger partial charge >= 0.3 is 5.69 Å². The summed E-state index contributed by atoms with van der Waals surface area (Å²) in [7, 11) is 5.55. The zero-order valence-electron chi connectivity index (χ0n) is 18.1. The average molecular weight is 466 g/mol. The number of hydrogen-bond donors (Lipinski definition) is 1. The van der Waals surface area contributed by atoms with Crippen LogP contribution in [0.2, 0.25) is 5.02 Å². The topological polar surface area (TPSA) is 112 Å². The van der Waals surface area contributed by atoms with Crippen LogP contribution in [0.25, 0.3) is 0 Å². The van der Waals surface area contributed by atoms with Gasteiger partial charge in [-0.3, -0.25) is 14.9 Å². The molecule has 1 fully saturated rings. The van der Waals surface area contributed by atoms with Crippen LogP contribution in [0.3, 0.4) is 0 Å². The number of carbonyl (C=O) groups is 1. The number of nitrogens with one attached hydrogen (secondary N) is 1. The second kappa shape index (κ2) is 9.82. The Hall–Kier alpha value is -3.40. The molecular formula is C21H24ClN3O7.